The van der Waals surface area contributed by atoms with Crippen molar-refractivity contribution in [1.82, 2.24) is 20.0 Å². The molecule has 2 aromatic heterocycles. The van der Waals surface area contributed by atoms with E-state index in [0.29, 0.717) is 0 Å². The number of hydrogen-bond donors (Lipinski definition) is 0. The molecule has 0 N–H and O–H groups in total. The van der Waals surface area contributed by atoms with Gasteiger partial charge in [-0.2, -0.15) is 15.3 Å². The quantitative estimate of drug-likeness (QED) is 0.564. The maximum atomic E-state index is 4.57. The van der Waals surface area contributed by atoms with Crippen molar-refractivity contribution in [2.24, 2.45) is 0 Å². The molecule has 4 nitrogen and oxygen atoms in total. The topological polar surface area (TPSA) is 43.6 Å². The maximum absolute atomic E-state index is 4.57. The molecule has 4 heteroatoms. The molecule has 0 aliphatic heterocycles. The number of nitrogens with zero attached hydrogens (tertiary/aromatic N) is 4. The smallest absolute Gasteiger partial charge is 0.0930 e. The fourth-order valence-corrected chi connectivity index (χ4v) is 2.97. The number of fused-ring (bicyclic) bond motifs is 1. The first-order chi connectivity index (χ1) is 11.7. The Hall–Kier alpha value is -3.01. The van der Waals surface area contributed by atoms with Gasteiger partial charge in [-0.15, -0.1) is 0 Å². The van der Waals surface area contributed by atoms with Crippen LogP contribution in [0.2, 0.25) is 0 Å². The Kier molecular flexibility index (Phi) is 3.58. The monoisotopic (exact) mass is 314 g/mol. The van der Waals surface area contributed by atoms with Crippen LogP contribution in [0.15, 0.2) is 60.9 Å². The molecule has 24 heavy (non-hydrogen) atoms. The summed E-state index contributed by atoms with van der Waals surface area (Å²) >= 11 is 0. The molecule has 0 aliphatic rings. The van der Waals surface area contributed by atoms with Gasteiger partial charge >= 0.3 is 0 Å². The minimum Gasteiger partial charge on any atom is -0.240 e. The second kappa shape index (κ2) is 5.89. The first-order valence-electron chi connectivity index (χ1n) is 8.12. The fraction of sp³-hybridized carbons (Fsp3) is 0.150. The first kappa shape index (κ1) is 14.6. The molecule has 0 fully saturated rings. The number of hydrogen-bond acceptors (Lipinski definition) is 3. The minimum atomic E-state index is 0.911. The van der Waals surface area contributed by atoms with E-state index in [-0.39, 0.29) is 0 Å². The van der Waals surface area contributed by atoms with Crippen LogP contribution in [0.25, 0.3) is 27.7 Å². The van der Waals surface area contributed by atoms with E-state index in [0.717, 1.165) is 28.7 Å². The molecule has 0 saturated heterocycles. The van der Waals surface area contributed by atoms with E-state index >= 15 is 0 Å². The summed E-state index contributed by atoms with van der Waals surface area (Å²) in [5.41, 5.74) is 6.70. The van der Waals surface area contributed by atoms with Crippen LogP contribution >= 0.6 is 0 Å². The van der Waals surface area contributed by atoms with Gasteiger partial charge in [0.1, 0.15) is 0 Å². The number of benzene rings is 2. The van der Waals surface area contributed by atoms with Crippen LogP contribution in [0.4, 0.5) is 0 Å². The van der Waals surface area contributed by atoms with E-state index in [1.54, 1.807) is 6.20 Å². The third-order valence-corrected chi connectivity index (χ3v) is 4.28. The van der Waals surface area contributed by atoms with Gasteiger partial charge in [-0.3, -0.25) is 0 Å². The molecule has 2 heterocycles. The summed E-state index contributed by atoms with van der Waals surface area (Å²) in [6.45, 7) is 4.18. The van der Waals surface area contributed by atoms with Crippen LogP contribution in [0.3, 0.4) is 0 Å². The lowest BCUT2D eigenvalue weighted by molar-refractivity contribution is 0.848. The van der Waals surface area contributed by atoms with Crippen molar-refractivity contribution in [2.45, 2.75) is 20.3 Å². The van der Waals surface area contributed by atoms with Gasteiger partial charge in [0.25, 0.3) is 0 Å². The third-order valence-electron chi connectivity index (χ3n) is 4.28. The molecule has 4 aromatic rings. The minimum absolute atomic E-state index is 0.911. The highest BCUT2D eigenvalue weighted by Gasteiger charge is 2.08. The molecule has 2 aromatic carbocycles. The van der Waals surface area contributed by atoms with E-state index in [1.807, 2.05) is 36.0 Å². The zero-order valence-corrected chi connectivity index (χ0v) is 13.8. The standard InChI is InChI=1S/C20H18N4/c1-3-15-4-5-17(13-20(15)24-11-9-14(2)23-24)16-6-7-19-18(12-16)8-10-21-22-19/h4-13H,3H2,1-2H3. The molecule has 4 rings (SSSR count). The average molecular weight is 314 g/mol. The van der Waals surface area contributed by atoms with E-state index in [1.165, 1.54) is 16.7 Å². The molecule has 0 saturated carbocycles. The summed E-state index contributed by atoms with van der Waals surface area (Å²) < 4.78 is 1.96. The van der Waals surface area contributed by atoms with Crippen LogP contribution in [0.5, 0.6) is 0 Å². The van der Waals surface area contributed by atoms with Gasteiger partial charge in [0.05, 0.1) is 23.1 Å². The van der Waals surface area contributed by atoms with Crippen molar-refractivity contribution in [3.8, 4) is 16.8 Å². The average Bonchev–Trinajstić information content (AvgIpc) is 3.07. The van der Waals surface area contributed by atoms with Crippen molar-refractivity contribution >= 4 is 10.9 Å². The summed E-state index contributed by atoms with van der Waals surface area (Å²) in [7, 11) is 0. The molecule has 0 atom stereocenters. The Morgan fingerprint density at radius 3 is 2.58 bits per heavy atom. The lowest BCUT2D eigenvalue weighted by Crippen LogP contribution is -2.00. The van der Waals surface area contributed by atoms with Gasteiger partial charge < -0.3 is 0 Å². The lowest BCUT2D eigenvalue weighted by atomic mass is 10.00. The second-order valence-electron chi connectivity index (χ2n) is 5.90. The zero-order valence-electron chi connectivity index (χ0n) is 13.8. The summed E-state index contributed by atoms with van der Waals surface area (Å²) in [4.78, 5) is 0. The van der Waals surface area contributed by atoms with E-state index in [4.69, 9.17) is 0 Å². The van der Waals surface area contributed by atoms with Crippen molar-refractivity contribution in [3.05, 3.63) is 72.2 Å². The summed E-state index contributed by atoms with van der Waals surface area (Å²) in [5.74, 6) is 0. The first-order valence-corrected chi connectivity index (χ1v) is 8.12. The third kappa shape index (κ3) is 2.56. The van der Waals surface area contributed by atoms with Crippen LogP contribution in [0.1, 0.15) is 18.2 Å². The second-order valence-corrected chi connectivity index (χ2v) is 5.90. The predicted molar refractivity (Wildman–Crippen MR) is 96.2 cm³/mol. The number of aryl methyl sites for hydroxylation is 2. The molecule has 0 bridgehead atoms. The fourth-order valence-electron chi connectivity index (χ4n) is 2.97. The van der Waals surface area contributed by atoms with Gasteiger partial charge in [0.2, 0.25) is 0 Å². The Morgan fingerprint density at radius 2 is 1.79 bits per heavy atom. The Labute approximate surface area is 140 Å². The maximum Gasteiger partial charge on any atom is 0.0930 e. The van der Waals surface area contributed by atoms with E-state index in [2.05, 4.69) is 52.6 Å². The van der Waals surface area contributed by atoms with Crippen LogP contribution < -0.4 is 0 Å². The van der Waals surface area contributed by atoms with E-state index in [9.17, 15) is 0 Å². The molecule has 0 unspecified atom stereocenters. The molecule has 0 amide bonds. The van der Waals surface area contributed by atoms with Gasteiger partial charge in [-0.1, -0.05) is 25.1 Å². The number of rotatable bonds is 3. The van der Waals surface area contributed by atoms with Crippen molar-refractivity contribution in [1.29, 1.82) is 0 Å². The highest BCUT2D eigenvalue weighted by Crippen LogP contribution is 2.27. The number of aromatic nitrogens is 4. The molecule has 0 radical (unpaired) electrons. The van der Waals surface area contributed by atoms with Gasteiger partial charge in [-0.25, -0.2) is 4.68 Å². The van der Waals surface area contributed by atoms with Crippen molar-refractivity contribution in [2.75, 3.05) is 0 Å². The van der Waals surface area contributed by atoms with Gasteiger partial charge in [0, 0.05) is 11.6 Å². The molecular weight excluding hydrogens is 296 g/mol. The summed E-state index contributed by atoms with van der Waals surface area (Å²) in [5, 5.41) is 13.7. The van der Waals surface area contributed by atoms with Crippen LogP contribution in [-0.4, -0.2) is 20.0 Å². The Morgan fingerprint density at radius 1 is 0.958 bits per heavy atom. The molecule has 0 spiro atoms. The highest BCUT2D eigenvalue weighted by molar-refractivity contribution is 5.84. The summed E-state index contributed by atoms with van der Waals surface area (Å²) in [6, 6.07) is 16.9. The zero-order chi connectivity index (χ0) is 16.5. The molecule has 118 valence electrons. The lowest BCUT2D eigenvalue weighted by Gasteiger charge is -2.11. The predicted octanol–water partition coefficient (Wildman–Crippen LogP) is 4.35. The Balaban J connectivity index is 1.85. The molecule has 0 aliphatic carbocycles. The van der Waals surface area contributed by atoms with Crippen LogP contribution in [0, 0.1) is 6.92 Å². The van der Waals surface area contributed by atoms with Crippen LogP contribution in [-0.2, 0) is 6.42 Å². The Bertz CT molecular complexity index is 1020. The highest BCUT2D eigenvalue weighted by atomic mass is 15.3. The van der Waals surface area contributed by atoms with E-state index < -0.39 is 0 Å². The SMILES string of the molecule is CCc1ccc(-c2ccc3nnccc3c2)cc1-n1ccc(C)n1. The van der Waals surface area contributed by atoms with Gasteiger partial charge in [-0.05, 0) is 60.4 Å². The summed E-state index contributed by atoms with van der Waals surface area (Å²) in [6.07, 6.45) is 4.72. The van der Waals surface area contributed by atoms with Crippen molar-refractivity contribution in [3.63, 3.8) is 0 Å². The molecular formula is C20H18N4. The van der Waals surface area contributed by atoms with Gasteiger partial charge in [0.15, 0.2) is 0 Å². The van der Waals surface area contributed by atoms with Crippen molar-refractivity contribution < 1.29 is 0 Å². The normalized spacial score (nSPS) is 11.1. The largest absolute Gasteiger partial charge is 0.240 e.